The van der Waals surface area contributed by atoms with Crippen molar-refractivity contribution in [2.24, 2.45) is 5.92 Å². The summed E-state index contributed by atoms with van der Waals surface area (Å²) in [5.41, 5.74) is -0.355. The smallest absolute Gasteiger partial charge is 0.411 e. The topological polar surface area (TPSA) is 107 Å². The van der Waals surface area contributed by atoms with Gasteiger partial charge < -0.3 is 20.1 Å². The molecular formula is C27H38FN5O4. The van der Waals surface area contributed by atoms with Crippen LogP contribution in [0.5, 0.6) is 5.75 Å². The molecule has 3 aliphatic rings. The first-order chi connectivity index (χ1) is 17.6. The molecule has 9 nitrogen and oxygen atoms in total. The van der Waals surface area contributed by atoms with Crippen LogP contribution in [0.2, 0.25) is 0 Å². The van der Waals surface area contributed by atoms with Gasteiger partial charge in [-0.3, -0.25) is 14.6 Å². The number of likely N-dealkylation sites (tertiary alicyclic amines) is 1. The summed E-state index contributed by atoms with van der Waals surface area (Å²) in [5, 5.41) is 15.7. The first-order valence-corrected chi connectivity index (χ1v) is 13.2. The number of amides is 2. The van der Waals surface area contributed by atoms with E-state index in [4.69, 9.17) is 9.47 Å². The van der Waals surface area contributed by atoms with E-state index in [-0.39, 0.29) is 18.4 Å². The summed E-state index contributed by atoms with van der Waals surface area (Å²) in [6.45, 7) is 10.5. The number of piperidine rings is 1. The fraction of sp³-hybridized carbons (Fsp3) is 0.667. The van der Waals surface area contributed by atoms with Crippen LogP contribution in [0.25, 0.3) is 0 Å². The summed E-state index contributed by atoms with van der Waals surface area (Å²) < 4.78 is 26.1. The zero-order chi connectivity index (χ0) is 26.6. The molecule has 2 amide bonds. The molecule has 37 heavy (non-hydrogen) atoms. The first kappa shape index (κ1) is 27.1. The Morgan fingerprint density at radius 1 is 1.27 bits per heavy atom. The second kappa shape index (κ2) is 11.7. The number of halogens is 1. The van der Waals surface area contributed by atoms with Crippen LogP contribution in [-0.4, -0.2) is 84.9 Å². The molecule has 0 spiro atoms. The quantitative estimate of drug-likeness (QED) is 0.548. The van der Waals surface area contributed by atoms with Crippen molar-refractivity contribution in [2.45, 2.75) is 70.2 Å². The second-order valence-corrected chi connectivity index (χ2v) is 11.1. The third-order valence-electron chi connectivity index (χ3n) is 7.26. The Balaban J connectivity index is 1.33. The van der Waals surface area contributed by atoms with Gasteiger partial charge in [0.1, 0.15) is 35.9 Å². The second-order valence-electron chi connectivity index (χ2n) is 11.1. The highest BCUT2D eigenvalue weighted by atomic mass is 19.1. The number of nitrogens with one attached hydrogen (secondary N) is 2. The third-order valence-corrected chi connectivity index (χ3v) is 7.26. The molecule has 0 radical (unpaired) electrons. The average Bonchev–Trinajstić information content (AvgIpc) is 3.47. The lowest BCUT2D eigenvalue weighted by atomic mass is 9.97. The van der Waals surface area contributed by atoms with E-state index < -0.39 is 35.5 Å². The lowest BCUT2D eigenvalue weighted by Gasteiger charge is -2.35. The first-order valence-electron chi connectivity index (χ1n) is 13.2. The van der Waals surface area contributed by atoms with E-state index in [9.17, 15) is 19.2 Å². The SMILES string of the molecule is CC(C)(C)OC(=O)N1[C@@H]2CC[C@@H](C2)[C@H]1C(=O)N[C@H](C#N)Cc1ccc(OCCN2CCNCC2)cc1F. The predicted molar refractivity (Wildman–Crippen MR) is 135 cm³/mol. The summed E-state index contributed by atoms with van der Waals surface area (Å²) in [5.74, 6) is -0.405. The number of carbonyl (C=O) groups excluding carboxylic acids is 2. The highest BCUT2D eigenvalue weighted by Crippen LogP contribution is 2.43. The van der Waals surface area contributed by atoms with Gasteiger partial charge in [0, 0.05) is 51.3 Å². The van der Waals surface area contributed by atoms with Crippen molar-refractivity contribution >= 4 is 12.0 Å². The van der Waals surface area contributed by atoms with E-state index in [0.29, 0.717) is 17.9 Å². The normalized spacial score (nSPS) is 24.4. The molecule has 0 unspecified atom stereocenters. The predicted octanol–water partition coefficient (Wildman–Crippen LogP) is 2.45. The van der Waals surface area contributed by atoms with Crippen molar-refractivity contribution in [3.8, 4) is 11.8 Å². The van der Waals surface area contributed by atoms with Gasteiger partial charge in [0.25, 0.3) is 0 Å². The molecule has 4 atom stereocenters. The molecule has 1 saturated carbocycles. The minimum Gasteiger partial charge on any atom is -0.492 e. The number of nitrogens with zero attached hydrogens (tertiary/aromatic N) is 3. The number of ether oxygens (including phenoxy) is 2. The Hall–Kier alpha value is -2.90. The maximum absolute atomic E-state index is 14.8. The van der Waals surface area contributed by atoms with Crippen molar-refractivity contribution in [2.75, 3.05) is 39.3 Å². The van der Waals surface area contributed by atoms with Gasteiger partial charge in [-0.05, 0) is 57.6 Å². The lowest BCUT2D eigenvalue weighted by molar-refractivity contribution is -0.128. The number of hydrogen-bond donors (Lipinski definition) is 2. The molecule has 10 heteroatoms. The summed E-state index contributed by atoms with van der Waals surface area (Å²) in [6.07, 6.45) is 1.95. The molecule has 2 N–H and O–H groups in total. The van der Waals surface area contributed by atoms with E-state index in [1.807, 2.05) is 0 Å². The largest absolute Gasteiger partial charge is 0.492 e. The zero-order valence-electron chi connectivity index (χ0n) is 22.0. The van der Waals surface area contributed by atoms with Crippen molar-refractivity contribution in [1.82, 2.24) is 20.4 Å². The zero-order valence-corrected chi connectivity index (χ0v) is 22.0. The summed E-state index contributed by atoms with van der Waals surface area (Å²) in [4.78, 5) is 29.9. The van der Waals surface area contributed by atoms with E-state index in [1.54, 1.807) is 32.9 Å². The summed E-state index contributed by atoms with van der Waals surface area (Å²) >= 11 is 0. The maximum Gasteiger partial charge on any atom is 0.411 e. The van der Waals surface area contributed by atoms with Gasteiger partial charge in [-0.25, -0.2) is 9.18 Å². The number of nitriles is 1. The molecule has 1 aromatic carbocycles. The summed E-state index contributed by atoms with van der Waals surface area (Å²) in [6, 6.07) is 5.03. The molecular weight excluding hydrogens is 477 g/mol. The van der Waals surface area contributed by atoms with Crippen LogP contribution in [0.15, 0.2) is 18.2 Å². The number of carbonyl (C=O) groups is 2. The molecule has 3 fully saturated rings. The Morgan fingerprint density at radius 2 is 2.03 bits per heavy atom. The van der Waals surface area contributed by atoms with Crippen LogP contribution in [0.4, 0.5) is 9.18 Å². The minimum atomic E-state index is -0.930. The number of hydrogen-bond acceptors (Lipinski definition) is 7. The molecule has 2 saturated heterocycles. The van der Waals surface area contributed by atoms with Crippen molar-refractivity contribution in [1.29, 1.82) is 5.26 Å². The molecule has 1 aliphatic carbocycles. The molecule has 2 bridgehead atoms. The number of fused-ring (bicyclic) bond motifs is 2. The third kappa shape index (κ3) is 6.90. The molecule has 0 aromatic heterocycles. The highest BCUT2D eigenvalue weighted by Gasteiger charge is 2.52. The fourth-order valence-corrected chi connectivity index (χ4v) is 5.52. The van der Waals surface area contributed by atoms with E-state index in [0.717, 1.165) is 52.0 Å². The van der Waals surface area contributed by atoms with Gasteiger partial charge in [-0.1, -0.05) is 6.07 Å². The average molecular weight is 516 g/mol. The van der Waals surface area contributed by atoms with Gasteiger partial charge in [-0.15, -0.1) is 0 Å². The molecule has 202 valence electrons. The van der Waals surface area contributed by atoms with Gasteiger partial charge >= 0.3 is 6.09 Å². The Bertz CT molecular complexity index is 1020. The Morgan fingerprint density at radius 3 is 2.70 bits per heavy atom. The monoisotopic (exact) mass is 515 g/mol. The van der Waals surface area contributed by atoms with Crippen LogP contribution >= 0.6 is 0 Å². The van der Waals surface area contributed by atoms with E-state index in [2.05, 4.69) is 21.6 Å². The molecule has 1 aromatic rings. The van der Waals surface area contributed by atoms with Crippen LogP contribution in [-0.2, 0) is 16.0 Å². The maximum atomic E-state index is 14.8. The van der Waals surface area contributed by atoms with E-state index in [1.165, 1.54) is 11.0 Å². The van der Waals surface area contributed by atoms with E-state index >= 15 is 0 Å². The number of piperazine rings is 1. The summed E-state index contributed by atoms with van der Waals surface area (Å²) in [7, 11) is 0. The van der Waals surface area contributed by atoms with Crippen LogP contribution in [0.3, 0.4) is 0 Å². The van der Waals surface area contributed by atoms with Crippen molar-refractivity contribution in [3.63, 3.8) is 0 Å². The standard InChI is InChI=1S/C27H38FN5O4/c1-27(2,3)37-26(35)33-21-6-4-19(15-21)24(33)25(34)31-20(17-29)14-18-5-7-22(16-23(18)28)36-13-12-32-10-8-30-9-11-32/h5,7,16,19-21,24,30H,4,6,8-15H2,1-3H3,(H,31,34)/t19-,20-,21+,24-/m0/s1. The lowest BCUT2D eigenvalue weighted by Crippen LogP contribution is -2.55. The minimum absolute atomic E-state index is 0.0163. The fourth-order valence-electron chi connectivity index (χ4n) is 5.52. The van der Waals surface area contributed by atoms with Gasteiger partial charge in [0.2, 0.25) is 5.91 Å². The highest BCUT2D eigenvalue weighted by molar-refractivity contribution is 5.87. The number of rotatable bonds is 8. The van der Waals surface area contributed by atoms with Crippen LogP contribution in [0, 0.1) is 23.1 Å². The van der Waals surface area contributed by atoms with Crippen molar-refractivity contribution < 1.29 is 23.5 Å². The Labute approximate surface area is 218 Å². The van der Waals surface area contributed by atoms with Gasteiger partial charge in [0.15, 0.2) is 0 Å². The van der Waals surface area contributed by atoms with Gasteiger partial charge in [0.05, 0.1) is 6.07 Å². The molecule has 2 aliphatic heterocycles. The molecule has 2 heterocycles. The number of benzene rings is 1. The molecule has 4 rings (SSSR count). The van der Waals surface area contributed by atoms with Crippen molar-refractivity contribution in [3.05, 3.63) is 29.6 Å². The van der Waals surface area contributed by atoms with Crippen LogP contribution in [0.1, 0.15) is 45.6 Å². The Kier molecular flexibility index (Phi) is 8.55. The van der Waals surface area contributed by atoms with Crippen LogP contribution < -0.4 is 15.4 Å². The van der Waals surface area contributed by atoms with Gasteiger partial charge in [-0.2, -0.15) is 5.26 Å².